The van der Waals surface area contributed by atoms with E-state index in [9.17, 15) is 4.79 Å². The zero-order valence-electron chi connectivity index (χ0n) is 12.2. The van der Waals surface area contributed by atoms with Gasteiger partial charge in [0.1, 0.15) is 0 Å². The van der Waals surface area contributed by atoms with Crippen LogP contribution in [0.4, 0.5) is 0 Å². The number of hydrogen-bond donors (Lipinski definition) is 2. The number of nitrogens with one attached hydrogen (secondary N) is 2. The molecule has 2 fully saturated rings. The average Bonchev–Trinajstić information content (AvgIpc) is 2.94. The van der Waals surface area contributed by atoms with Gasteiger partial charge < -0.3 is 20.4 Å². The third-order valence-corrected chi connectivity index (χ3v) is 4.17. The van der Waals surface area contributed by atoms with Crippen LogP contribution in [-0.2, 0) is 4.79 Å². The molecule has 2 saturated heterocycles. The van der Waals surface area contributed by atoms with Crippen molar-refractivity contribution in [1.82, 2.24) is 20.4 Å². The standard InChI is InChI=1S/C14H28N4O/c1-17-9-11-18(12-10-17)8-3-2-6-16-14(19)13-5-4-7-15-13/h13,15H,2-12H2,1H3,(H,16,19). The Morgan fingerprint density at radius 3 is 2.74 bits per heavy atom. The van der Waals surface area contributed by atoms with Crippen LogP contribution in [0.2, 0.25) is 0 Å². The normalized spacial score (nSPS) is 25.6. The van der Waals surface area contributed by atoms with Crippen molar-refractivity contribution in [1.29, 1.82) is 0 Å². The predicted octanol–water partition coefficient (Wildman–Crippen LogP) is -0.118. The van der Waals surface area contributed by atoms with Gasteiger partial charge in [-0.15, -0.1) is 0 Å². The fourth-order valence-corrected chi connectivity index (χ4v) is 2.78. The first kappa shape index (κ1) is 14.8. The topological polar surface area (TPSA) is 47.6 Å². The minimum Gasteiger partial charge on any atom is -0.355 e. The molecule has 1 unspecified atom stereocenters. The molecule has 0 spiro atoms. The molecule has 5 nitrogen and oxygen atoms in total. The number of hydrogen-bond acceptors (Lipinski definition) is 4. The number of nitrogens with zero attached hydrogens (tertiary/aromatic N) is 2. The highest BCUT2D eigenvalue weighted by atomic mass is 16.2. The van der Waals surface area contributed by atoms with Crippen molar-refractivity contribution in [3.05, 3.63) is 0 Å². The van der Waals surface area contributed by atoms with Crippen LogP contribution in [0.15, 0.2) is 0 Å². The molecule has 2 aliphatic heterocycles. The van der Waals surface area contributed by atoms with Crippen molar-refractivity contribution in [2.45, 2.75) is 31.7 Å². The molecule has 2 N–H and O–H groups in total. The van der Waals surface area contributed by atoms with Gasteiger partial charge in [-0.1, -0.05) is 0 Å². The van der Waals surface area contributed by atoms with Gasteiger partial charge in [-0.3, -0.25) is 4.79 Å². The van der Waals surface area contributed by atoms with E-state index in [0.29, 0.717) is 0 Å². The van der Waals surface area contributed by atoms with Crippen LogP contribution in [0.1, 0.15) is 25.7 Å². The summed E-state index contributed by atoms with van der Waals surface area (Å²) in [5, 5.41) is 6.27. The fourth-order valence-electron chi connectivity index (χ4n) is 2.78. The van der Waals surface area contributed by atoms with Gasteiger partial charge >= 0.3 is 0 Å². The van der Waals surface area contributed by atoms with Crippen molar-refractivity contribution in [2.24, 2.45) is 0 Å². The smallest absolute Gasteiger partial charge is 0.237 e. The van der Waals surface area contributed by atoms with Crippen molar-refractivity contribution >= 4 is 5.91 Å². The lowest BCUT2D eigenvalue weighted by atomic mass is 10.2. The quantitative estimate of drug-likeness (QED) is 0.660. The summed E-state index contributed by atoms with van der Waals surface area (Å²) in [6, 6.07) is 0.0673. The fraction of sp³-hybridized carbons (Fsp3) is 0.929. The Balaban J connectivity index is 1.46. The predicted molar refractivity (Wildman–Crippen MR) is 77.2 cm³/mol. The number of carbonyl (C=O) groups excluding carboxylic acids is 1. The molecule has 2 heterocycles. The second-order valence-corrected chi connectivity index (χ2v) is 5.79. The van der Waals surface area contributed by atoms with E-state index in [1.54, 1.807) is 0 Å². The molecule has 0 aliphatic carbocycles. The molecular weight excluding hydrogens is 240 g/mol. The monoisotopic (exact) mass is 268 g/mol. The van der Waals surface area contributed by atoms with E-state index in [0.717, 1.165) is 32.4 Å². The molecule has 2 aliphatic rings. The Labute approximate surface area is 116 Å². The highest BCUT2D eigenvalue weighted by Gasteiger charge is 2.21. The number of carbonyl (C=O) groups is 1. The van der Waals surface area contributed by atoms with Gasteiger partial charge in [0.15, 0.2) is 0 Å². The summed E-state index contributed by atoms with van der Waals surface area (Å²) in [7, 11) is 2.18. The highest BCUT2D eigenvalue weighted by Crippen LogP contribution is 2.05. The number of amides is 1. The third-order valence-electron chi connectivity index (χ3n) is 4.17. The summed E-state index contributed by atoms with van der Waals surface area (Å²) in [5.74, 6) is 0.192. The second-order valence-electron chi connectivity index (χ2n) is 5.79. The lowest BCUT2D eigenvalue weighted by Gasteiger charge is -2.32. The van der Waals surface area contributed by atoms with Gasteiger partial charge in [0.25, 0.3) is 0 Å². The zero-order valence-corrected chi connectivity index (χ0v) is 12.2. The molecule has 0 saturated carbocycles. The lowest BCUT2D eigenvalue weighted by Crippen LogP contribution is -2.44. The van der Waals surface area contributed by atoms with E-state index < -0.39 is 0 Å². The van der Waals surface area contributed by atoms with E-state index in [1.807, 2.05) is 0 Å². The summed E-state index contributed by atoms with van der Waals surface area (Å²) in [6.45, 7) is 7.73. The molecule has 5 heteroatoms. The largest absolute Gasteiger partial charge is 0.355 e. The molecule has 0 radical (unpaired) electrons. The maximum absolute atomic E-state index is 11.8. The van der Waals surface area contributed by atoms with Crippen molar-refractivity contribution in [3.63, 3.8) is 0 Å². The van der Waals surface area contributed by atoms with Crippen LogP contribution in [0, 0.1) is 0 Å². The SMILES string of the molecule is CN1CCN(CCCCNC(=O)C2CCCN2)CC1. The molecule has 1 atom stereocenters. The molecule has 1 amide bonds. The first-order valence-electron chi connectivity index (χ1n) is 7.68. The Morgan fingerprint density at radius 1 is 1.26 bits per heavy atom. The van der Waals surface area contributed by atoms with Crippen molar-refractivity contribution in [3.8, 4) is 0 Å². The zero-order chi connectivity index (χ0) is 13.5. The Kier molecular flexibility index (Phi) is 6.07. The van der Waals surface area contributed by atoms with Gasteiger partial charge in [0.2, 0.25) is 5.91 Å². The van der Waals surface area contributed by atoms with Gasteiger partial charge in [0.05, 0.1) is 6.04 Å². The van der Waals surface area contributed by atoms with Crippen LogP contribution in [-0.4, -0.2) is 74.6 Å². The first-order valence-corrected chi connectivity index (χ1v) is 7.68. The van der Waals surface area contributed by atoms with E-state index in [-0.39, 0.29) is 11.9 Å². The number of unbranched alkanes of at least 4 members (excludes halogenated alkanes) is 1. The van der Waals surface area contributed by atoms with Gasteiger partial charge in [-0.25, -0.2) is 0 Å². The molecule has 0 bridgehead atoms. The van der Waals surface area contributed by atoms with Gasteiger partial charge in [-0.05, 0) is 45.8 Å². The summed E-state index contributed by atoms with van der Waals surface area (Å²) in [6.07, 6.45) is 4.39. The minimum atomic E-state index is 0.0673. The summed E-state index contributed by atoms with van der Waals surface area (Å²) in [5.41, 5.74) is 0. The Hall–Kier alpha value is -0.650. The van der Waals surface area contributed by atoms with E-state index >= 15 is 0 Å². The van der Waals surface area contributed by atoms with Gasteiger partial charge in [0, 0.05) is 32.7 Å². The first-order chi connectivity index (χ1) is 9.25. The van der Waals surface area contributed by atoms with Crippen LogP contribution in [0.5, 0.6) is 0 Å². The van der Waals surface area contributed by atoms with Gasteiger partial charge in [-0.2, -0.15) is 0 Å². The lowest BCUT2D eigenvalue weighted by molar-refractivity contribution is -0.122. The van der Waals surface area contributed by atoms with Crippen molar-refractivity contribution < 1.29 is 4.79 Å². The van der Waals surface area contributed by atoms with Crippen LogP contribution >= 0.6 is 0 Å². The Bertz CT molecular complexity index is 271. The molecular formula is C14H28N4O. The van der Waals surface area contributed by atoms with Crippen LogP contribution < -0.4 is 10.6 Å². The summed E-state index contributed by atoms with van der Waals surface area (Å²) < 4.78 is 0. The maximum Gasteiger partial charge on any atom is 0.237 e. The second kappa shape index (κ2) is 7.82. The molecule has 0 aromatic heterocycles. The molecule has 2 rings (SSSR count). The molecule has 0 aromatic carbocycles. The van der Waals surface area contributed by atoms with Crippen LogP contribution in [0.25, 0.3) is 0 Å². The summed E-state index contributed by atoms with van der Waals surface area (Å²) in [4.78, 5) is 16.7. The summed E-state index contributed by atoms with van der Waals surface area (Å²) >= 11 is 0. The number of piperazine rings is 1. The molecule has 19 heavy (non-hydrogen) atoms. The minimum absolute atomic E-state index is 0.0673. The number of likely N-dealkylation sites (N-methyl/N-ethyl adjacent to an activating group) is 1. The molecule has 110 valence electrons. The number of rotatable bonds is 6. The van der Waals surface area contributed by atoms with E-state index in [1.165, 1.54) is 39.1 Å². The maximum atomic E-state index is 11.8. The van der Waals surface area contributed by atoms with Crippen molar-refractivity contribution in [2.75, 3.05) is 52.9 Å². The third kappa shape index (κ3) is 5.09. The molecule has 0 aromatic rings. The Morgan fingerprint density at radius 2 is 2.05 bits per heavy atom. The highest BCUT2D eigenvalue weighted by molar-refractivity contribution is 5.81. The van der Waals surface area contributed by atoms with E-state index in [4.69, 9.17) is 0 Å². The van der Waals surface area contributed by atoms with Crippen LogP contribution in [0.3, 0.4) is 0 Å². The van der Waals surface area contributed by atoms with E-state index in [2.05, 4.69) is 27.5 Å². The average molecular weight is 268 g/mol.